The molecule has 0 aliphatic heterocycles. The first-order valence-electron chi connectivity index (χ1n) is 3.37. The van der Waals surface area contributed by atoms with Crippen LogP contribution in [0.5, 0.6) is 0 Å². The van der Waals surface area contributed by atoms with Gasteiger partial charge in [-0.05, 0) is 6.07 Å². The van der Waals surface area contributed by atoms with E-state index in [1.807, 2.05) is 0 Å². The van der Waals surface area contributed by atoms with E-state index >= 15 is 0 Å². The van der Waals surface area contributed by atoms with Crippen molar-refractivity contribution in [3.8, 4) is 0 Å². The normalized spacial score (nSPS) is 10.7. The van der Waals surface area contributed by atoms with Gasteiger partial charge in [-0.3, -0.25) is 10.1 Å². The first kappa shape index (κ1) is 15.8. The van der Waals surface area contributed by atoms with Crippen LogP contribution in [0.2, 0.25) is 0 Å². The molecule has 8 heteroatoms. The number of benzene rings is 1. The van der Waals surface area contributed by atoms with Gasteiger partial charge in [0.05, 0.1) is 9.82 Å². The van der Waals surface area contributed by atoms with Gasteiger partial charge in [0.2, 0.25) is 3.79 Å². The summed E-state index contributed by atoms with van der Waals surface area (Å²) in [5.74, 6) is 0. The molecule has 0 spiro atoms. The molecule has 0 fully saturated rings. The Morgan fingerprint density at radius 3 is 2.33 bits per heavy atom. The summed E-state index contributed by atoms with van der Waals surface area (Å²) in [7, 11) is 0. The van der Waals surface area contributed by atoms with Crippen molar-refractivity contribution in [2.45, 2.75) is 8.69 Å². The molecule has 1 rings (SSSR count). The molecule has 0 saturated heterocycles. The van der Waals surface area contributed by atoms with Crippen molar-refractivity contribution in [3.05, 3.63) is 33.9 Å². The maximum atomic E-state index is 10.5. The fraction of sp³-hybridized carbons (Fsp3) is 0.143. The molecule has 0 atom stereocenters. The topological polar surface area (TPSA) is 43.1 Å². The largest absolute Gasteiger partial charge is 1.00 e. The smallest absolute Gasteiger partial charge is 1.00 e. The maximum Gasteiger partial charge on any atom is 1.00 e. The number of hydrogen-bond acceptors (Lipinski definition) is 3. The number of hydrogen-bond donors (Lipinski definition) is 1. The zero-order valence-electron chi connectivity index (χ0n) is 8.58. The summed E-state index contributed by atoms with van der Waals surface area (Å²) in [5, 5.41) is 10.5. The summed E-state index contributed by atoms with van der Waals surface area (Å²) in [5.41, 5.74) is 0.0594. The van der Waals surface area contributed by atoms with Crippen LogP contribution >= 0.6 is 47.4 Å². The van der Waals surface area contributed by atoms with Gasteiger partial charge >= 0.3 is 29.6 Å². The molecule has 0 unspecified atom stereocenters. The Labute approximate surface area is 130 Å². The number of nitro groups is 1. The Balaban J connectivity index is 0. The fourth-order valence-corrected chi connectivity index (χ4v) is 1.42. The van der Waals surface area contributed by atoms with E-state index in [9.17, 15) is 10.1 Å². The van der Waals surface area contributed by atoms with E-state index in [0.717, 1.165) is 0 Å². The molecule has 0 aromatic heterocycles. The van der Waals surface area contributed by atoms with Crippen molar-refractivity contribution < 1.29 is 35.9 Å². The van der Waals surface area contributed by atoms with Gasteiger partial charge in [-0.1, -0.05) is 40.9 Å². The predicted octanol–water partition coefficient (Wildman–Crippen LogP) is 0.827. The van der Waals surface area contributed by atoms with Crippen molar-refractivity contribution in [2.75, 3.05) is 0 Å². The Kier molecular flexibility index (Phi) is 6.29. The average Bonchev–Trinajstić information content (AvgIpc) is 2.02. The molecule has 0 aliphatic rings. The van der Waals surface area contributed by atoms with Gasteiger partial charge in [0.15, 0.2) is 0 Å². The molecule has 0 amide bonds. The third kappa shape index (κ3) is 4.30. The van der Waals surface area contributed by atoms with Gasteiger partial charge in [0.25, 0.3) is 5.69 Å². The molecular formula is C7H5Cl3NNaO2S. The Morgan fingerprint density at radius 2 is 1.93 bits per heavy atom. The van der Waals surface area contributed by atoms with E-state index in [1.54, 1.807) is 0 Å². The molecule has 0 bridgehead atoms. The van der Waals surface area contributed by atoms with Crippen LogP contribution in [-0.2, 0) is 3.79 Å². The van der Waals surface area contributed by atoms with E-state index in [0.29, 0.717) is 0 Å². The zero-order chi connectivity index (χ0) is 10.9. The standard InChI is InChI=1S/C7H4Cl3NO2S.Na.H/c8-7(9,10)4-1-2-6(14)5(3-4)11(12)13;;/h1-3,14H;;/q;+1;-1. The second kappa shape index (κ2) is 5.96. The minimum Gasteiger partial charge on any atom is -1.00 e. The molecule has 78 valence electrons. The van der Waals surface area contributed by atoms with Crippen LogP contribution in [0.25, 0.3) is 0 Å². The number of rotatable bonds is 1. The second-order valence-corrected chi connectivity index (χ2v) is 5.22. The molecule has 15 heavy (non-hydrogen) atoms. The van der Waals surface area contributed by atoms with E-state index in [-0.39, 0.29) is 47.1 Å². The van der Waals surface area contributed by atoms with Gasteiger partial charge in [0, 0.05) is 11.6 Å². The van der Waals surface area contributed by atoms with Crippen molar-refractivity contribution in [1.82, 2.24) is 0 Å². The molecule has 0 heterocycles. The van der Waals surface area contributed by atoms with Crippen molar-refractivity contribution in [3.63, 3.8) is 0 Å². The summed E-state index contributed by atoms with van der Waals surface area (Å²) in [6, 6.07) is 4.08. The first-order chi connectivity index (χ1) is 6.32. The van der Waals surface area contributed by atoms with Gasteiger partial charge in [-0.15, -0.1) is 12.6 Å². The zero-order valence-corrected chi connectivity index (χ0v) is 12.7. The quantitative estimate of drug-likeness (QED) is 0.274. The summed E-state index contributed by atoms with van der Waals surface area (Å²) < 4.78 is -1.66. The van der Waals surface area contributed by atoms with E-state index in [4.69, 9.17) is 34.8 Å². The monoisotopic (exact) mass is 295 g/mol. The minimum atomic E-state index is -1.66. The molecule has 3 nitrogen and oxygen atoms in total. The second-order valence-electron chi connectivity index (χ2n) is 2.46. The number of thiol groups is 1. The molecule has 0 saturated carbocycles. The van der Waals surface area contributed by atoms with Crippen molar-refractivity contribution in [2.24, 2.45) is 0 Å². The van der Waals surface area contributed by atoms with Crippen LogP contribution in [0, 0.1) is 10.1 Å². The Bertz CT molecular complexity index is 388. The summed E-state index contributed by atoms with van der Waals surface area (Å²) in [6.07, 6.45) is 0. The number of alkyl halides is 3. The number of nitro benzene ring substituents is 1. The van der Waals surface area contributed by atoms with Gasteiger partial charge < -0.3 is 1.43 Å². The van der Waals surface area contributed by atoms with Crippen LogP contribution in [0.4, 0.5) is 5.69 Å². The molecule has 0 N–H and O–H groups in total. The van der Waals surface area contributed by atoms with Crippen molar-refractivity contribution >= 4 is 53.1 Å². The summed E-state index contributed by atoms with van der Waals surface area (Å²) in [6.45, 7) is 0. The molecule has 1 aromatic rings. The molecule has 0 aliphatic carbocycles. The van der Waals surface area contributed by atoms with Gasteiger partial charge in [-0.25, -0.2) is 0 Å². The van der Waals surface area contributed by atoms with Crippen molar-refractivity contribution in [1.29, 1.82) is 0 Å². The van der Waals surface area contributed by atoms with Crippen LogP contribution in [-0.4, -0.2) is 4.92 Å². The Hall–Kier alpha value is 0.840. The van der Waals surface area contributed by atoms with E-state index < -0.39 is 8.72 Å². The third-order valence-corrected chi connectivity index (χ3v) is 2.53. The van der Waals surface area contributed by atoms with Crippen LogP contribution in [0.1, 0.15) is 6.99 Å². The van der Waals surface area contributed by atoms with E-state index in [2.05, 4.69) is 12.6 Å². The maximum absolute atomic E-state index is 10.5. The molecule has 1 aromatic carbocycles. The average molecular weight is 297 g/mol. The first-order valence-corrected chi connectivity index (χ1v) is 4.95. The SMILES string of the molecule is O=[N+]([O-])c1cc(C(Cl)(Cl)Cl)ccc1S.[H-].[Na+]. The fourth-order valence-electron chi connectivity index (χ4n) is 0.846. The number of nitrogens with zero attached hydrogens (tertiary/aromatic N) is 1. The summed E-state index contributed by atoms with van der Waals surface area (Å²) >= 11 is 20.6. The van der Waals surface area contributed by atoms with Crippen LogP contribution in [0.15, 0.2) is 23.1 Å². The molecular weight excluding hydrogens is 291 g/mol. The minimum absolute atomic E-state index is 0. The number of halogens is 3. The predicted molar refractivity (Wildman–Crippen MR) is 60.7 cm³/mol. The van der Waals surface area contributed by atoms with Gasteiger partial charge in [0.1, 0.15) is 0 Å². The van der Waals surface area contributed by atoms with Crippen LogP contribution < -0.4 is 29.6 Å². The third-order valence-electron chi connectivity index (χ3n) is 1.50. The summed E-state index contributed by atoms with van der Waals surface area (Å²) in [4.78, 5) is 10.2. The van der Waals surface area contributed by atoms with E-state index in [1.165, 1.54) is 18.2 Å². The van der Waals surface area contributed by atoms with Crippen LogP contribution in [0.3, 0.4) is 0 Å². The molecule has 0 radical (unpaired) electrons. The van der Waals surface area contributed by atoms with Gasteiger partial charge in [-0.2, -0.15) is 0 Å². The Morgan fingerprint density at radius 1 is 1.40 bits per heavy atom.